The van der Waals surface area contributed by atoms with Crippen molar-refractivity contribution in [2.45, 2.75) is 5.75 Å². The smallest absolute Gasteiger partial charge is 0.230 e. The van der Waals surface area contributed by atoms with Crippen LogP contribution in [0.5, 0.6) is 11.5 Å². The van der Waals surface area contributed by atoms with Gasteiger partial charge in [-0.05, 0) is 18.2 Å². The van der Waals surface area contributed by atoms with Gasteiger partial charge >= 0.3 is 0 Å². The van der Waals surface area contributed by atoms with Crippen LogP contribution in [-0.4, -0.2) is 15.9 Å². The largest absolute Gasteiger partial charge is 0.457 e. The minimum Gasteiger partial charge on any atom is -0.457 e. The van der Waals surface area contributed by atoms with E-state index >= 15 is 0 Å². The maximum atomic E-state index is 11.8. The molecule has 0 saturated heterocycles. The maximum Gasteiger partial charge on any atom is 0.230 e. The van der Waals surface area contributed by atoms with Crippen molar-refractivity contribution in [3.63, 3.8) is 0 Å². The van der Waals surface area contributed by atoms with E-state index in [0.29, 0.717) is 11.5 Å². The van der Waals surface area contributed by atoms with E-state index in [1.807, 2.05) is 54.6 Å². The Morgan fingerprint density at radius 2 is 1.70 bits per heavy atom. The first-order valence-electron chi connectivity index (χ1n) is 6.09. The van der Waals surface area contributed by atoms with Gasteiger partial charge in [-0.25, -0.2) is 0 Å². The highest BCUT2D eigenvalue weighted by Crippen LogP contribution is 2.25. The van der Waals surface area contributed by atoms with Crippen molar-refractivity contribution in [1.82, 2.24) is 0 Å². The normalized spacial score (nSPS) is 11.8. The van der Waals surface area contributed by atoms with Crippen LogP contribution in [0.3, 0.4) is 0 Å². The lowest BCUT2D eigenvalue weighted by molar-refractivity contribution is -0.115. The highest BCUT2D eigenvalue weighted by molar-refractivity contribution is 7.84. The number of rotatable bonds is 6. The van der Waals surface area contributed by atoms with Gasteiger partial charge < -0.3 is 10.5 Å². The zero-order chi connectivity index (χ0) is 14.4. The van der Waals surface area contributed by atoms with E-state index in [2.05, 4.69) is 0 Å². The summed E-state index contributed by atoms with van der Waals surface area (Å²) in [5, 5.41) is 0. The highest BCUT2D eigenvalue weighted by Gasteiger charge is 2.10. The average Bonchev–Trinajstić information content (AvgIpc) is 2.41. The van der Waals surface area contributed by atoms with Crippen molar-refractivity contribution in [2.75, 3.05) is 5.75 Å². The second kappa shape index (κ2) is 6.86. The molecule has 2 aromatic rings. The average molecular weight is 289 g/mol. The van der Waals surface area contributed by atoms with Gasteiger partial charge in [0, 0.05) is 16.4 Å². The monoisotopic (exact) mass is 289 g/mol. The van der Waals surface area contributed by atoms with Gasteiger partial charge in [-0.1, -0.05) is 36.4 Å². The van der Waals surface area contributed by atoms with Crippen molar-refractivity contribution in [3.05, 3.63) is 60.2 Å². The van der Waals surface area contributed by atoms with Crippen molar-refractivity contribution in [3.8, 4) is 11.5 Å². The number of benzene rings is 2. The number of primary amides is 1. The molecule has 1 unspecified atom stereocenters. The van der Waals surface area contributed by atoms with E-state index in [1.165, 1.54) is 0 Å². The number of nitrogens with two attached hydrogens (primary N) is 1. The van der Waals surface area contributed by atoms with Gasteiger partial charge in [0.2, 0.25) is 5.91 Å². The third-order valence-electron chi connectivity index (χ3n) is 2.56. The zero-order valence-corrected chi connectivity index (χ0v) is 11.6. The summed E-state index contributed by atoms with van der Waals surface area (Å²) in [5.74, 6) is 0.882. The molecule has 0 aliphatic rings. The Kier molecular flexibility index (Phi) is 4.90. The van der Waals surface area contributed by atoms with Crippen LogP contribution >= 0.6 is 0 Å². The van der Waals surface area contributed by atoms with Gasteiger partial charge in [-0.15, -0.1) is 0 Å². The molecule has 0 aliphatic heterocycles. The fraction of sp³-hybridized carbons (Fsp3) is 0.133. The molecule has 2 rings (SSSR count). The summed E-state index contributed by atoms with van der Waals surface area (Å²) in [6, 6.07) is 16.7. The van der Waals surface area contributed by atoms with Gasteiger partial charge in [-0.3, -0.25) is 9.00 Å². The molecule has 0 spiro atoms. The minimum atomic E-state index is -1.32. The van der Waals surface area contributed by atoms with Gasteiger partial charge in [0.25, 0.3) is 0 Å². The van der Waals surface area contributed by atoms with E-state index in [-0.39, 0.29) is 11.5 Å². The molecule has 104 valence electrons. The molecule has 2 N–H and O–H groups in total. The molecule has 0 aromatic heterocycles. The van der Waals surface area contributed by atoms with E-state index in [4.69, 9.17) is 10.5 Å². The third kappa shape index (κ3) is 4.20. The van der Waals surface area contributed by atoms with Gasteiger partial charge in [0.05, 0.1) is 5.75 Å². The maximum absolute atomic E-state index is 11.8. The number of carbonyl (C=O) groups excluding carboxylic acids is 1. The molecular formula is C15H15NO3S. The van der Waals surface area contributed by atoms with Crippen molar-refractivity contribution in [1.29, 1.82) is 0 Å². The molecular weight excluding hydrogens is 274 g/mol. The Balaban J connectivity index is 2.14. The first-order valence-corrected chi connectivity index (χ1v) is 7.58. The zero-order valence-electron chi connectivity index (χ0n) is 10.8. The molecule has 5 heteroatoms. The summed E-state index contributed by atoms with van der Waals surface area (Å²) in [4.78, 5) is 10.8. The van der Waals surface area contributed by atoms with Crippen LogP contribution in [0, 0.1) is 0 Å². The van der Waals surface area contributed by atoms with Crippen molar-refractivity contribution >= 4 is 16.7 Å². The summed E-state index contributed by atoms with van der Waals surface area (Å²) < 4.78 is 17.5. The van der Waals surface area contributed by atoms with E-state index in [9.17, 15) is 9.00 Å². The summed E-state index contributed by atoms with van der Waals surface area (Å²) in [6.07, 6.45) is 0. The van der Waals surface area contributed by atoms with Crippen LogP contribution in [0.2, 0.25) is 0 Å². The van der Waals surface area contributed by atoms with Gasteiger partial charge in [-0.2, -0.15) is 0 Å². The first kappa shape index (κ1) is 14.3. The van der Waals surface area contributed by atoms with Crippen LogP contribution < -0.4 is 10.5 Å². The quantitative estimate of drug-likeness (QED) is 0.886. The van der Waals surface area contributed by atoms with Gasteiger partial charge in [0.15, 0.2) is 0 Å². The third-order valence-corrected chi connectivity index (χ3v) is 3.80. The summed E-state index contributed by atoms with van der Waals surface area (Å²) in [6.45, 7) is 0. The van der Waals surface area contributed by atoms with Crippen LogP contribution in [0.15, 0.2) is 54.6 Å². The molecule has 1 atom stereocenters. The fourth-order valence-corrected chi connectivity index (χ4v) is 2.73. The highest BCUT2D eigenvalue weighted by atomic mass is 32.2. The summed E-state index contributed by atoms with van der Waals surface area (Å²) >= 11 is 0. The predicted molar refractivity (Wildman–Crippen MR) is 78.9 cm³/mol. The van der Waals surface area contributed by atoms with Crippen molar-refractivity contribution < 1.29 is 13.7 Å². The standard InChI is InChI=1S/C15H15NO3S/c16-15(17)11-20(18)10-12-6-4-5-9-14(12)19-13-7-2-1-3-8-13/h1-9H,10-11H2,(H2,16,17). The van der Waals surface area contributed by atoms with Crippen LogP contribution in [0.25, 0.3) is 0 Å². The molecule has 0 fully saturated rings. The summed E-state index contributed by atoms with van der Waals surface area (Å²) in [7, 11) is -1.32. The molecule has 20 heavy (non-hydrogen) atoms. The molecule has 1 amide bonds. The van der Waals surface area contributed by atoms with Crippen LogP contribution in [-0.2, 0) is 21.3 Å². The van der Waals surface area contributed by atoms with E-state index < -0.39 is 16.7 Å². The molecule has 0 saturated carbocycles. The number of amides is 1. The molecule has 4 nitrogen and oxygen atoms in total. The Bertz CT molecular complexity index is 614. The lowest BCUT2D eigenvalue weighted by atomic mass is 10.2. The molecule has 0 radical (unpaired) electrons. The lowest BCUT2D eigenvalue weighted by Crippen LogP contribution is -2.20. The number of carbonyl (C=O) groups is 1. The van der Waals surface area contributed by atoms with Crippen LogP contribution in [0.1, 0.15) is 5.56 Å². The minimum absolute atomic E-state index is 0.139. The Morgan fingerprint density at radius 1 is 1.05 bits per heavy atom. The van der Waals surface area contributed by atoms with E-state index in [1.54, 1.807) is 0 Å². The Hall–Kier alpha value is -2.14. The van der Waals surface area contributed by atoms with Crippen molar-refractivity contribution in [2.24, 2.45) is 5.73 Å². The van der Waals surface area contributed by atoms with E-state index in [0.717, 1.165) is 5.56 Å². The fourth-order valence-electron chi connectivity index (χ4n) is 1.72. The number of para-hydroxylation sites is 2. The Morgan fingerprint density at radius 3 is 2.40 bits per heavy atom. The molecule has 0 aliphatic carbocycles. The number of hydrogen-bond acceptors (Lipinski definition) is 3. The second-order valence-corrected chi connectivity index (χ2v) is 5.67. The predicted octanol–water partition coefficient (Wildman–Crippen LogP) is 2.21. The lowest BCUT2D eigenvalue weighted by Gasteiger charge is -2.10. The number of hydrogen-bond donors (Lipinski definition) is 1. The second-order valence-electron chi connectivity index (χ2n) is 4.22. The molecule has 0 heterocycles. The molecule has 2 aromatic carbocycles. The van der Waals surface area contributed by atoms with Crippen LogP contribution in [0.4, 0.5) is 0 Å². The molecule has 0 bridgehead atoms. The SMILES string of the molecule is NC(=O)CS(=O)Cc1ccccc1Oc1ccccc1. The summed E-state index contributed by atoms with van der Waals surface area (Å²) in [5.41, 5.74) is 5.83. The number of ether oxygens (including phenoxy) is 1. The van der Waals surface area contributed by atoms with Gasteiger partial charge in [0.1, 0.15) is 17.3 Å². The topological polar surface area (TPSA) is 69.4 Å². The first-order chi connectivity index (χ1) is 9.65. The Labute approximate surface area is 120 Å².